The molecule has 1 heterocycles. The van der Waals surface area contributed by atoms with Gasteiger partial charge in [-0.1, -0.05) is 36.8 Å². The Morgan fingerprint density at radius 3 is 2.57 bits per heavy atom. The smallest absolute Gasteiger partial charge is 0.193 e. The van der Waals surface area contributed by atoms with E-state index in [2.05, 4.69) is 10.3 Å². The van der Waals surface area contributed by atoms with Crippen LogP contribution in [-0.2, 0) is 16.4 Å². The number of rotatable bonds is 4. The minimum absolute atomic E-state index is 0. The molecule has 1 N–H and O–H groups in total. The zero-order chi connectivity index (χ0) is 16.0. The number of aliphatic imine (C=N–C) groups is 1. The number of benzene rings is 1. The molecule has 5 nitrogen and oxygen atoms in total. The predicted octanol–water partition coefficient (Wildman–Crippen LogP) is 2.28. The largest absolute Gasteiger partial charge is 0.355 e. The van der Waals surface area contributed by atoms with Crippen molar-refractivity contribution < 1.29 is 8.42 Å². The van der Waals surface area contributed by atoms with Gasteiger partial charge >= 0.3 is 0 Å². The predicted molar refractivity (Wildman–Crippen MR) is 106 cm³/mol. The number of halogens is 1. The van der Waals surface area contributed by atoms with E-state index in [0.717, 1.165) is 30.8 Å². The van der Waals surface area contributed by atoms with Crippen molar-refractivity contribution in [1.82, 2.24) is 10.2 Å². The van der Waals surface area contributed by atoms with E-state index in [1.54, 1.807) is 0 Å². The molecule has 0 bridgehead atoms. The lowest BCUT2D eigenvalue weighted by molar-refractivity contribution is 0.524. The summed E-state index contributed by atoms with van der Waals surface area (Å²) in [7, 11) is 0.870. The minimum Gasteiger partial charge on any atom is -0.355 e. The first-order chi connectivity index (χ1) is 10.5. The van der Waals surface area contributed by atoms with Crippen LogP contribution in [0.4, 0.5) is 0 Å². The number of hydrogen-bond donors (Lipinski definition) is 1. The summed E-state index contributed by atoms with van der Waals surface area (Å²) >= 11 is 0. The van der Waals surface area contributed by atoms with Gasteiger partial charge in [-0.15, -0.1) is 24.0 Å². The summed E-state index contributed by atoms with van der Waals surface area (Å²) < 4.78 is 24.1. The summed E-state index contributed by atoms with van der Waals surface area (Å²) in [6.45, 7) is 1.02. The molecule has 0 aliphatic carbocycles. The highest BCUT2D eigenvalue weighted by atomic mass is 127. The summed E-state index contributed by atoms with van der Waals surface area (Å²) in [5.74, 6) is 1.04. The molecule has 2 rings (SSSR count). The van der Waals surface area contributed by atoms with Crippen LogP contribution in [0.3, 0.4) is 0 Å². The lowest BCUT2D eigenvalue weighted by Crippen LogP contribution is -2.44. The first kappa shape index (κ1) is 20.2. The van der Waals surface area contributed by atoms with Crippen LogP contribution >= 0.6 is 24.0 Å². The van der Waals surface area contributed by atoms with Crippen molar-refractivity contribution in [2.45, 2.75) is 31.1 Å². The van der Waals surface area contributed by atoms with Crippen LogP contribution < -0.4 is 5.32 Å². The first-order valence-corrected chi connectivity index (χ1v) is 9.42. The highest BCUT2D eigenvalue weighted by Gasteiger charge is 2.28. The zero-order valence-corrected chi connectivity index (χ0v) is 16.9. The molecule has 1 aliphatic heterocycles. The molecular weight excluding hydrogens is 425 g/mol. The molecule has 1 aromatic carbocycles. The number of sulfone groups is 1. The van der Waals surface area contributed by atoms with Gasteiger partial charge in [0.1, 0.15) is 0 Å². The highest BCUT2D eigenvalue weighted by molar-refractivity contribution is 14.0. The van der Waals surface area contributed by atoms with Gasteiger partial charge in [-0.25, -0.2) is 13.4 Å². The minimum atomic E-state index is -2.95. The topological polar surface area (TPSA) is 61.8 Å². The average molecular weight is 451 g/mol. The Morgan fingerprint density at radius 2 is 1.96 bits per heavy atom. The SMILES string of the molecule is CN(C)C(=NCc1ccccc1)NCC1CCCCS1(=O)=O.I. The van der Waals surface area contributed by atoms with Crippen molar-refractivity contribution in [2.75, 3.05) is 26.4 Å². The molecule has 1 aromatic rings. The summed E-state index contributed by atoms with van der Waals surface area (Å²) in [4.78, 5) is 6.45. The molecule has 7 heteroatoms. The van der Waals surface area contributed by atoms with E-state index in [1.165, 1.54) is 0 Å². The fourth-order valence-corrected chi connectivity index (χ4v) is 4.36. The van der Waals surface area contributed by atoms with Crippen molar-refractivity contribution in [3.8, 4) is 0 Å². The summed E-state index contributed by atoms with van der Waals surface area (Å²) in [5.41, 5.74) is 1.13. The zero-order valence-electron chi connectivity index (χ0n) is 13.7. The van der Waals surface area contributed by atoms with Gasteiger partial charge in [0, 0.05) is 20.6 Å². The van der Waals surface area contributed by atoms with E-state index in [9.17, 15) is 8.42 Å². The molecule has 1 aliphatic rings. The van der Waals surface area contributed by atoms with E-state index in [-0.39, 0.29) is 29.2 Å². The standard InChI is InChI=1S/C16H25N3O2S.HI/c1-19(2)16(17-12-14-8-4-3-5-9-14)18-13-15-10-6-7-11-22(15,20)21;/h3-5,8-9,15H,6-7,10-13H2,1-2H3,(H,17,18);1H. The Kier molecular flexibility index (Phi) is 8.32. The van der Waals surface area contributed by atoms with Crippen LogP contribution in [0.5, 0.6) is 0 Å². The lowest BCUT2D eigenvalue weighted by atomic mass is 10.2. The van der Waals surface area contributed by atoms with Gasteiger partial charge in [0.05, 0.1) is 17.5 Å². The van der Waals surface area contributed by atoms with E-state index in [1.807, 2.05) is 49.3 Å². The van der Waals surface area contributed by atoms with Crippen LogP contribution in [-0.4, -0.2) is 50.9 Å². The number of guanidine groups is 1. The molecule has 130 valence electrons. The maximum absolute atomic E-state index is 12.1. The number of nitrogens with zero attached hydrogens (tertiary/aromatic N) is 2. The lowest BCUT2D eigenvalue weighted by Gasteiger charge is -2.25. The van der Waals surface area contributed by atoms with Gasteiger partial charge in [-0.3, -0.25) is 0 Å². The maximum atomic E-state index is 12.1. The van der Waals surface area contributed by atoms with Crippen LogP contribution in [0, 0.1) is 0 Å². The molecule has 0 amide bonds. The quantitative estimate of drug-likeness (QED) is 0.434. The molecule has 1 atom stereocenters. The molecule has 0 saturated carbocycles. The Hall–Kier alpha value is -0.830. The van der Waals surface area contributed by atoms with Crippen molar-refractivity contribution in [3.05, 3.63) is 35.9 Å². The number of nitrogens with one attached hydrogen (secondary N) is 1. The van der Waals surface area contributed by atoms with E-state index >= 15 is 0 Å². The summed E-state index contributed by atoms with van der Waals surface area (Å²) in [5, 5.41) is 2.92. The summed E-state index contributed by atoms with van der Waals surface area (Å²) in [6, 6.07) is 10.0. The second-order valence-electron chi connectivity index (χ2n) is 5.89. The third kappa shape index (κ3) is 6.29. The van der Waals surface area contributed by atoms with Gasteiger partial charge in [-0.2, -0.15) is 0 Å². The second kappa shape index (κ2) is 9.46. The Bertz CT molecular complexity index is 603. The van der Waals surface area contributed by atoms with Crippen LogP contribution in [0.2, 0.25) is 0 Å². The van der Waals surface area contributed by atoms with E-state index in [4.69, 9.17) is 0 Å². The van der Waals surface area contributed by atoms with Crippen molar-refractivity contribution >= 4 is 39.8 Å². The Balaban J connectivity index is 0.00000264. The second-order valence-corrected chi connectivity index (χ2v) is 8.29. The molecule has 0 aromatic heterocycles. The molecule has 0 radical (unpaired) electrons. The van der Waals surface area contributed by atoms with Crippen LogP contribution in [0.15, 0.2) is 35.3 Å². The van der Waals surface area contributed by atoms with Gasteiger partial charge in [-0.05, 0) is 18.4 Å². The highest BCUT2D eigenvalue weighted by Crippen LogP contribution is 2.18. The molecule has 1 saturated heterocycles. The van der Waals surface area contributed by atoms with Crippen LogP contribution in [0.25, 0.3) is 0 Å². The van der Waals surface area contributed by atoms with Gasteiger partial charge in [0.25, 0.3) is 0 Å². The molecular formula is C16H26IN3O2S. The van der Waals surface area contributed by atoms with Crippen molar-refractivity contribution in [3.63, 3.8) is 0 Å². The van der Waals surface area contributed by atoms with E-state index in [0.29, 0.717) is 18.8 Å². The molecule has 1 fully saturated rings. The fraction of sp³-hybridized carbons (Fsp3) is 0.562. The summed E-state index contributed by atoms with van der Waals surface area (Å²) in [6.07, 6.45) is 2.53. The molecule has 1 unspecified atom stereocenters. The number of hydrogen-bond acceptors (Lipinski definition) is 3. The third-order valence-corrected chi connectivity index (χ3v) is 6.15. The van der Waals surface area contributed by atoms with E-state index < -0.39 is 9.84 Å². The van der Waals surface area contributed by atoms with Crippen LogP contribution in [0.1, 0.15) is 24.8 Å². The third-order valence-electron chi connectivity index (χ3n) is 3.88. The Labute approximate surface area is 156 Å². The maximum Gasteiger partial charge on any atom is 0.193 e. The molecule has 0 spiro atoms. The van der Waals surface area contributed by atoms with Crippen molar-refractivity contribution in [2.24, 2.45) is 4.99 Å². The first-order valence-electron chi connectivity index (χ1n) is 7.70. The van der Waals surface area contributed by atoms with Gasteiger partial charge in [0.2, 0.25) is 0 Å². The average Bonchev–Trinajstić information content (AvgIpc) is 2.49. The normalized spacial score (nSPS) is 20.4. The fourth-order valence-electron chi connectivity index (χ4n) is 2.56. The van der Waals surface area contributed by atoms with Gasteiger partial charge in [0.15, 0.2) is 15.8 Å². The monoisotopic (exact) mass is 451 g/mol. The van der Waals surface area contributed by atoms with Gasteiger partial charge < -0.3 is 10.2 Å². The Morgan fingerprint density at radius 1 is 1.26 bits per heavy atom. The molecule has 23 heavy (non-hydrogen) atoms. The van der Waals surface area contributed by atoms with Crippen molar-refractivity contribution in [1.29, 1.82) is 0 Å².